The van der Waals surface area contributed by atoms with Crippen LogP contribution in [0, 0.1) is 0 Å². The minimum Gasteiger partial charge on any atom is -0.311 e. The topological polar surface area (TPSA) is 20.3 Å². The van der Waals surface area contributed by atoms with Gasteiger partial charge in [-0.15, -0.1) is 11.8 Å². The zero-order chi connectivity index (χ0) is 13.7. The SMILES string of the molecule is CCSc1ccccc1C(=O)N(C)c1ccccc1. The van der Waals surface area contributed by atoms with E-state index in [1.807, 2.05) is 61.6 Å². The van der Waals surface area contributed by atoms with Gasteiger partial charge in [-0.25, -0.2) is 0 Å². The molecule has 0 unspecified atom stereocenters. The fraction of sp³-hybridized carbons (Fsp3) is 0.188. The second kappa shape index (κ2) is 6.43. The molecule has 0 aliphatic rings. The van der Waals surface area contributed by atoms with Gasteiger partial charge in [0, 0.05) is 17.6 Å². The summed E-state index contributed by atoms with van der Waals surface area (Å²) >= 11 is 1.70. The van der Waals surface area contributed by atoms with Crippen molar-refractivity contribution < 1.29 is 4.79 Å². The molecule has 2 rings (SSSR count). The second-order valence-corrected chi connectivity index (χ2v) is 5.43. The highest BCUT2D eigenvalue weighted by Crippen LogP contribution is 2.24. The number of nitrogens with zero attached hydrogens (tertiary/aromatic N) is 1. The lowest BCUT2D eigenvalue weighted by molar-refractivity contribution is 0.0990. The van der Waals surface area contributed by atoms with Crippen LogP contribution in [0.5, 0.6) is 0 Å². The number of amides is 1. The maximum atomic E-state index is 12.6. The molecule has 0 aromatic heterocycles. The Morgan fingerprint density at radius 2 is 1.68 bits per heavy atom. The molecule has 0 radical (unpaired) electrons. The van der Waals surface area contributed by atoms with Crippen LogP contribution in [-0.2, 0) is 0 Å². The van der Waals surface area contributed by atoms with E-state index >= 15 is 0 Å². The molecule has 0 fully saturated rings. The molecule has 0 bridgehead atoms. The van der Waals surface area contributed by atoms with E-state index in [9.17, 15) is 4.79 Å². The van der Waals surface area contributed by atoms with E-state index in [0.29, 0.717) is 0 Å². The predicted octanol–water partition coefficient (Wildman–Crippen LogP) is 4.08. The number of carbonyl (C=O) groups excluding carboxylic acids is 1. The number of hydrogen-bond donors (Lipinski definition) is 0. The normalized spacial score (nSPS) is 10.2. The zero-order valence-electron chi connectivity index (χ0n) is 11.2. The van der Waals surface area contributed by atoms with E-state index in [0.717, 1.165) is 21.9 Å². The minimum atomic E-state index is 0.0303. The van der Waals surface area contributed by atoms with E-state index in [4.69, 9.17) is 0 Å². The largest absolute Gasteiger partial charge is 0.311 e. The van der Waals surface area contributed by atoms with Crippen molar-refractivity contribution >= 4 is 23.4 Å². The first-order chi connectivity index (χ1) is 9.24. The van der Waals surface area contributed by atoms with Crippen LogP contribution in [0.1, 0.15) is 17.3 Å². The van der Waals surface area contributed by atoms with Gasteiger partial charge in [0.25, 0.3) is 5.91 Å². The van der Waals surface area contributed by atoms with Gasteiger partial charge in [-0.3, -0.25) is 4.79 Å². The van der Waals surface area contributed by atoms with Gasteiger partial charge in [0.2, 0.25) is 0 Å². The van der Waals surface area contributed by atoms with Crippen molar-refractivity contribution in [1.29, 1.82) is 0 Å². The van der Waals surface area contributed by atoms with E-state index in [2.05, 4.69) is 6.92 Å². The summed E-state index contributed by atoms with van der Waals surface area (Å²) in [4.78, 5) is 15.3. The third-order valence-corrected chi connectivity index (χ3v) is 3.82. The van der Waals surface area contributed by atoms with Crippen molar-refractivity contribution in [3.05, 3.63) is 60.2 Å². The Bertz CT molecular complexity index is 554. The molecule has 2 nitrogen and oxygen atoms in total. The molecular formula is C16H17NOS. The van der Waals surface area contributed by atoms with Crippen molar-refractivity contribution in [2.75, 3.05) is 17.7 Å². The van der Waals surface area contributed by atoms with Crippen molar-refractivity contribution in [3.8, 4) is 0 Å². The predicted molar refractivity (Wildman–Crippen MR) is 82.0 cm³/mol. The Labute approximate surface area is 118 Å². The summed E-state index contributed by atoms with van der Waals surface area (Å²) in [6.07, 6.45) is 0. The Kier molecular flexibility index (Phi) is 4.63. The van der Waals surface area contributed by atoms with Crippen LogP contribution in [0.25, 0.3) is 0 Å². The van der Waals surface area contributed by atoms with Crippen LogP contribution in [0.3, 0.4) is 0 Å². The van der Waals surface area contributed by atoms with Crippen LogP contribution >= 0.6 is 11.8 Å². The van der Waals surface area contributed by atoms with Gasteiger partial charge in [-0.05, 0) is 30.0 Å². The van der Waals surface area contributed by atoms with Crippen LogP contribution < -0.4 is 4.90 Å². The van der Waals surface area contributed by atoms with Gasteiger partial charge in [0.1, 0.15) is 0 Å². The lowest BCUT2D eigenvalue weighted by atomic mass is 10.2. The number of benzene rings is 2. The number of hydrogen-bond acceptors (Lipinski definition) is 2. The minimum absolute atomic E-state index is 0.0303. The molecule has 0 saturated heterocycles. The van der Waals surface area contributed by atoms with E-state index in [1.165, 1.54) is 0 Å². The molecule has 98 valence electrons. The van der Waals surface area contributed by atoms with Crippen LogP contribution in [0.2, 0.25) is 0 Å². The van der Waals surface area contributed by atoms with E-state index in [1.54, 1.807) is 16.7 Å². The van der Waals surface area contributed by atoms with Gasteiger partial charge in [-0.1, -0.05) is 37.3 Å². The maximum absolute atomic E-state index is 12.6. The first-order valence-electron chi connectivity index (χ1n) is 6.29. The van der Waals surface area contributed by atoms with Gasteiger partial charge in [0.05, 0.1) is 5.56 Å². The smallest absolute Gasteiger partial charge is 0.259 e. The molecular weight excluding hydrogens is 254 g/mol. The monoisotopic (exact) mass is 271 g/mol. The summed E-state index contributed by atoms with van der Waals surface area (Å²) in [5.41, 5.74) is 1.67. The molecule has 19 heavy (non-hydrogen) atoms. The van der Waals surface area contributed by atoms with Gasteiger partial charge in [0.15, 0.2) is 0 Å². The molecule has 2 aromatic rings. The second-order valence-electron chi connectivity index (χ2n) is 4.13. The molecule has 0 heterocycles. The highest BCUT2D eigenvalue weighted by molar-refractivity contribution is 7.99. The average Bonchev–Trinajstić information content (AvgIpc) is 2.47. The highest BCUT2D eigenvalue weighted by atomic mass is 32.2. The molecule has 2 aromatic carbocycles. The molecule has 0 aliphatic heterocycles. The van der Waals surface area contributed by atoms with Crippen molar-refractivity contribution in [3.63, 3.8) is 0 Å². The van der Waals surface area contributed by atoms with Crippen LogP contribution in [0.15, 0.2) is 59.5 Å². The van der Waals surface area contributed by atoms with E-state index < -0.39 is 0 Å². The third kappa shape index (κ3) is 3.18. The number of carbonyl (C=O) groups is 1. The summed E-state index contributed by atoms with van der Waals surface area (Å²) in [6.45, 7) is 2.09. The van der Waals surface area contributed by atoms with Crippen molar-refractivity contribution in [2.45, 2.75) is 11.8 Å². The number of rotatable bonds is 4. The van der Waals surface area contributed by atoms with Crippen LogP contribution in [0.4, 0.5) is 5.69 Å². The van der Waals surface area contributed by atoms with Gasteiger partial charge in [-0.2, -0.15) is 0 Å². The number of thioether (sulfide) groups is 1. The van der Waals surface area contributed by atoms with E-state index in [-0.39, 0.29) is 5.91 Å². The third-order valence-electron chi connectivity index (χ3n) is 2.87. The first-order valence-corrected chi connectivity index (χ1v) is 7.27. The maximum Gasteiger partial charge on any atom is 0.259 e. The Balaban J connectivity index is 2.29. The van der Waals surface area contributed by atoms with Crippen molar-refractivity contribution in [2.24, 2.45) is 0 Å². The zero-order valence-corrected chi connectivity index (χ0v) is 12.0. The molecule has 0 spiro atoms. The number of para-hydroxylation sites is 1. The molecule has 3 heteroatoms. The Morgan fingerprint density at radius 1 is 1.05 bits per heavy atom. The summed E-state index contributed by atoms with van der Waals surface area (Å²) in [5, 5.41) is 0. The molecule has 0 saturated carbocycles. The first kappa shape index (κ1) is 13.7. The van der Waals surface area contributed by atoms with Crippen LogP contribution in [-0.4, -0.2) is 18.7 Å². The fourth-order valence-electron chi connectivity index (χ4n) is 1.87. The fourth-order valence-corrected chi connectivity index (χ4v) is 2.67. The van der Waals surface area contributed by atoms with Gasteiger partial charge < -0.3 is 4.90 Å². The molecule has 0 N–H and O–H groups in total. The highest BCUT2D eigenvalue weighted by Gasteiger charge is 2.16. The summed E-state index contributed by atoms with van der Waals surface area (Å²) in [7, 11) is 1.81. The Hall–Kier alpha value is -1.74. The lowest BCUT2D eigenvalue weighted by Gasteiger charge is -2.18. The molecule has 1 amide bonds. The molecule has 0 aliphatic carbocycles. The summed E-state index contributed by atoms with van der Waals surface area (Å²) < 4.78 is 0. The quantitative estimate of drug-likeness (QED) is 0.781. The Morgan fingerprint density at radius 3 is 2.37 bits per heavy atom. The van der Waals surface area contributed by atoms with Crippen molar-refractivity contribution in [1.82, 2.24) is 0 Å². The molecule has 0 atom stereocenters. The summed E-state index contributed by atoms with van der Waals surface area (Å²) in [5.74, 6) is 0.988. The number of anilines is 1. The standard InChI is InChI=1S/C16H17NOS/c1-3-19-15-12-8-7-11-14(15)16(18)17(2)13-9-5-4-6-10-13/h4-12H,3H2,1-2H3. The lowest BCUT2D eigenvalue weighted by Crippen LogP contribution is -2.26. The average molecular weight is 271 g/mol. The summed E-state index contributed by atoms with van der Waals surface area (Å²) in [6, 6.07) is 17.5. The van der Waals surface area contributed by atoms with Gasteiger partial charge >= 0.3 is 0 Å².